The lowest BCUT2D eigenvalue weighted by molar-refractivity contribution is 0.391. The summed E-state index contributed by atoms with van der Waals surface area (Å²) in [4.78, 5) is 4.34. The average molecular weight is 406 g/mol. The summed E-state index contributed by atoms with van der Waals surface area (Å²) < 4.78 is 18.3. The molecule has 4 aromatic rings. The average Bonchev–Trinajstić information content (AvgIpc) is 3.22. The second-order valence-corrected chi connectivity index (χ2v) is 7.84. The van der Waals surface area contributed by atoms with Crippen LogP contribution in [0.15, 0.2) is 70.2 Å². The van der Waals surface area contributed by atoms with Crippen LogP contribution in [0.25, 0.3) is 22.6 Å². The fraction of sp³-hybridized carbons (Fsp3) is 0.182. The first-order chi connectivity index (χ1) is 14.1. The molecule has 29 heavy (non-hydrogen) atoms. The zero-order chi connectivity index (χ0) is 20.2. The standard InChI is InChI=1S/C22H19FN4OS/c1-14(2)15-3-5-16(6-4-15)19-11-12-21(26-25-19)29-13-20-24-22(27-28-20)17-7-9-18(23)10-8-17/h3-12,14H,13H2,1-2H3. The maximum absolute atomic E-state index is 13.0. The summed E-state index contributed by atoms with van der Waals surface area (Å²) >= 11 is 1.46. The van der Waals surface area contributed by atoms with E-state index in [0.29, 0.717) is 28.9 Å². The maximum Gasteiger partial charge on any atom is 0.237 e. The SMILES string of the molecule is CC(C)c1ccc(-c2ccc(SCc3nc(-c4ccc(F)cc4)no3)nn2)cc1. The number of nitrogens with zero attached hydrogens (tertiary/aromatic N) is 4. The number of halogens is 1. The van der Waals surface area contributed by atoms with Gasteiger partial charge in [0.15, 0.2) is 0 Å². The first kappa shape index (κ1) is 19.3. The lowest BCUT2D eigenvalue weighted by Crippen LogP contribution is -1.91. The zero-order valence-electron chi connectivity index (χ0n) is 16.0. The van der Waals surface area contributed by atoms with Crippen LogP contribution < -0.4 is 0 Å². The summed E-state index contributed by atoms with van der Waals surface area (Å²) in [5, 5.41) is 13.3. The third kappa shape index (κ3) is 4.68. The maximum atomic E-state index is 13.0. The molecule has 0 aliphatic rings. The largest absolute Gasteiger partial charge is 0.338 e. The molecular formula is C22H19FN4OS. The first-order valence-corrected chi connectivity index (χ1v) is 10.2. The van der Waals surface area contributed by atoms with Crippen molar-refractivity contribution in [1.82, 2.24) is 20.3 Å². The van der Waals surface area contributed by atoms with Crippen molar-refractivity contribution in [3.63, 3.8) is 0 Å². The van der Waals surface area contributed by atoms with Crippen molar-refractivity contribution in [2.24, 2.45) is 0 Å². The van der Waals surface area contributed by atoms with Crippen LogP contribution in [-0.2, 0) is 5.75 Å². The van der Waals surface area contributed by atoms with Gasteiger partial charge in [0.25, 0.3) is 0 Å². The molecule has 0 saturated heterocycles. The predicted octanol–water partition coefficient (Wildman–Crippen LogP) is 5.75. The molecule has 2 heterocycles. The second kappa shape index (κ2) is 8.53. The summed E-state index contributed by atoms with van der Waals surface area (Å²) in [5.74, 6) is 1.59. The Balaban J connectivity index is 1.39. The van der Waals surface area contributed by atoms with Crippen LogP contribution in [0, 0.1) is 5.82 Å². The van der Waals surface area contributed by atoms with Crippen molar-refractivity contribution < 1.29 is 8.91 Å². The van der Waals surface area contributed by atoms with Gasteiger partial charge in [0.1, 0.15) is 10.8 Å². The summed E-state index contributed by atoms with van der Waals surface area (Å²) in [6, 6.07) is 18.3. The van der Waals surface area contributed by atoms with E-state index in [9.17, 15) is 4.39 Å². The molecule has 0 aliphatic carbocycles. The van der Waals surface area contributed by atoms with Gasteiger partial charge in [0, 0.05) is 11.1 Å². The lowest BCUT2D eigenvalue weighted by Gasteiger charge is -2.06. The number of aromatic nitrogens is 4. The molecule has 0 amide bonds. The highest BCUT2D eigenvalue weighted by Crippen LogP contribution is 2.25. The van der Waals surface area contributed by atoms with Crippen LogP contribution in [0.3, 0.4) is 0 Å². The van der Waals surface area contributed by atoms with E-state index in [1.54, 1.807) is 12.1 Å². The van der Waals surface area contributed by atoms with E-state index < -0.39 is 0 Å². The van der Waals surface area contributed by atoms with Crippen LogP contribution in [0.2, 0.25) is 0 Å². The topological polar surface area (TPSA) is 64.7 Å². The van der Waals surface area contributed by atoms with E-state index in [2.05, 4.69) is 58.5 Å². The van der Waals surface area contributed by atoms with Crippen LogP contribution in [0.5, 0.6) is 0 Å². The van der Waals surface area contributed by atoms with Gasteiger partial charge < -0.3 is 4.52 Å². The van der Waals surface area contributed by atoms with Crippen LogP contribution >= 0.6 is 11.8 Å². The Kier molecular flexibility index (Phi) is 5.67. The van der Waals surface area contributed by atoms with Crippen LogP contribution in [0.1, 0.15) is 31.2 Å². The molecule has 2 aromatic heterocycles. The Morgan fingerprint density at radius 1 is 0.897 bits per heavy atom. The second-order valence-electron chi connectivity index (χ2n) is 6.84. The molecular weight excluding hydrogens is 387 g/mol. The summed E-state index contributed by atoms with van der Waals surface area (Å²) in [5.41, 5.74) is 3.88. The molecule has 0 fully saturated rings. The third-order valence-electron chi connectivity index (χ3n) is 4.43. The minimum atomic E-state index is -0.300. The highest BCUT2D eigenvalue weighted by Gasteiger charge is 2.10. The van der Waals surface area contributed by atoms with Crippen LogP contribution in [-0.4, -0.2) is 20.3 Å². The fourth-order valence-electron chi connectivity index (χ4n) is 2.76. The Morgan fingerprint density at radius 2 is 1.62 bits per heavy atom. The molecule has 0 spiro atoms. The van der Waals surface area contributed by atoms with Gasteiger partial charge >= 0.3 is 0 Å². The molecule has 0 aliphatic heterocycles. The molecule has 0 atom stereocenters. The van der Waals surface area contributed by atoms with Gasteiger partial charge in [-0.15, -0.1) is 10.2 Å². The molecule has 7 heteroatoms. The van der Waals surface area contributed by atoms with E-state index in [4.69, 9.17) is 4.52 Å². The fourth-order valence-corrected chi connectivity index (χ4v) is 3.41. The van der Waals surface area contributed by atoms with Gasteiger partial charge in [-0.3, -0.25) is 0 Å². The predicted molar refractivity (Wildman–Crippen MR) is 111 cm³/mol. The molecule has 0 saturated carbocycles. The number of hydrogen-bond acceptors (Lipinski definition) is 6. The molecule has 0 N–H and O–H groups in total. The van der Waals surface area contributed by atoms with Gasteiger partial charge in [0.05, 0.1) is 11.4 Å². The highest BCUT2D eigenvalue weighted by atomic mass is 32.2. The minimum absolute atomic E-state index is 0.300. The Morgan fingerprint density at radius 3 is 2.28 bits per heavy atom. The number of thioether (sulfide) groups is 1. The number of benzene rings is 2. The molecule has 146 valence electrons. The van der Waals surface area contributed by atoms with Crippen molar-refractivity contribution in [1.29, 1.82) is 0 Å². The minimum Gasteiger partial charge on any atom is -0.338 e. The molecule has 0 bridgehead atoms. The Hall–Kier alpha value is -3.06. The van der Waals surface area contributed by atoms with Crippen LogP contribution in [0.4, 0.5) is 4.39 Å². The van der Waals surface area contributed by atoms with Gasteiger partial charge in [-0.25, -0.2) is 4.39 Å². The van der Waals surface area contributed by atoms with Gasteiger partial charge in [0.2, 0.25) is 11.7 Å². The zero-order valence-corrected chi connectivity index (χ0v) is 16.9. The quantitative estimate of drug-likeness (QED) is 0.380. The van der Waals surface area contributed by atoms with E-state index >= 15 is 0 Å². The van der Waals surface area contributed by atoms with E-state index in [1.807, 2.05) is 12.1 Å². The molecule has 0 radical (unpaired) electrons. The molecule has 4 rings (SSSR count). The van der Waals surface area contributed by atoms with Crippen molar-refractivity contribution >= 4 is 11.8 Å². The molecule has 0 unspecified atom stereocenters. The van der Waals surface area contributed by atoms with Gasteiger partial charge in [-0.1, -0.05) is 55.0 Å². The van der Waals surface area contributed by atoms with Crippen molar-refractivity contribution in [3.05, 3.63) is 77.9 Å². The van der Waals surface area contributed by atoms with Gasteiger partial charge in [-0.05, 0) is 47.9 Å². The summed E-state index contributed by atoms with van der Waals surface area (Å²) in [7, 11) is 0. The number of rotatable bonds is 6. The molecule has 5 nitrogen and oxygen atoms in total. The van der Waals surface area contributed by atoms with E-state index in [0.717, 1.165) is 16.3 Å². The van der Waals surface area contributed by atoms with Crippen molar-refractivity contribution in [2.75, 3.05) is 0 Å². The van der Waals surface area contributed by atoms with E-state index in [1.165, 1.54) is 29.5 Å². The lowest BCUT2D eigenvalue weighted by atomic mass is 10.0. The Labute approximate surface area is 172 Å². The summed E-state index contributed by atoms with van der Waals surface area (Å²) in [6.45, 7) is 4.35. The Bertz CT molecular complexity index is 1080. The normalized spacial score (nSPS) is 11.2. The third-order valence-corrected chi connectivity index (χ3v) is 5.33. The van der Waals surface area contributed by atoms with Crippen molar-refractivity contribution in [3.8, 4) is 22.6 Å². The summed E-state index contributed by atoms with van der Waals surface area (Å²) in [6.07, 6.45) is 0. The van der Waals surface area contributed by atoms with E-state index in [-0.39, 0.29) is 5.82 Å². The number of hydrogen-bond donors (Lipinski definition) is 0. The highest BCUT2D eigenvalue weighted by molar-refractivity contribution is 7.98. The monoisotopic (exact) mass is 406 g/mol. The first-order valence-electron chi connectivity index (χ1n) is 9.24. The van der Waals surface area contributed by atoms with Crippen molar-refractivity contribution in [2.45, 2.75) is 30.5 Å². The smallest absolute Gasteiger partial charge is 0.237 e. The molecule has 2 aromatic carbocycles. The van der Waals surface area contributed by atoms with Gasteiger partial charge in [-0.2, -0.15) is 4.98 Å².